The quantitative estimate of drug-likeness (QED) is 0.912. The van der Waals surface area contributed by atoms with Gasteiger partial charge >= 0.3 is 0 Å². The van der Waals surface area contributed by atoms with Crippen molar-refractivity contribution in [1.29, 1.82) is 0 Å². The summed E-state index contributed by atoms with van der Waals surface area (Å²) in [6.45, 7) is 5.02. The van der Waals surface area contributed by atoms with E-state index in [-0.39, 0.29) is 6.10 Å². The first-order valence-corrected chi connectivity index (χ1v) is 6.88. The molecule has 1 aliphatic rings. The molecule has 0 atom stereocenters. The van der Waals surface area contributed by atoms with E-state index in [9.17, 15) is 0 Å². The van der Waals surface area contributed by atoms with Gasteiger partial charge in [0.2, 0.25) is 5.88 Å². The molecule has 3 rings (SSSR count). The highest BCUT2D eigenvalue weighted by Gasteiger charge is 2.30. The van der Waals surface area contributed by atoms with E-state index in [1.54, 1.807) is 6.20 Å². The van der Waals surface area contributed by atoms with Gasteiger partial charge in [0, 0.05) is 12.4 Å². The van der Waals surface area contributed by atoms with Crippen LogP contribution in [0.1, 0.15) is 38.3 Å². The summed E-state index contributed by atoms with van der Waals surface area (Å²) in [6.07, 6.45) is 5.91. The molecule has 0 aromatic carbocycles. The molecule has 2 aromatic heterocycles. The van der Waals surface area contributed by atoms with Gasteiger partial charge in [0.25, 0.3) is 0 Å². The maximum Gasteiger partial charge on any atom is 0.240 e. The molecule has 2 heterocycles. The van der Waals surface area contributed by atoms with Crippen LogP contribution < -0.4 is 10.5 Å². The molecule has 1 saturated carbocycles. The monoisotopic (exact) mass is 260 g/mol. The molecule has 5 heteroatoms. The lowest BCUT2D eigenvalue weighted by Crippen LogP contribution is -2.38. The third-order valence-corrected chi connectivity index (χ3v) is 3.77. The number of hydrogen-bond acceptors (Lipinski definition) is 4. The molecule has 0 unspecified atom stereocenters. The molecule has 1 fully saturated rings. The second-order valence-corrected chi connectivity index (χ2v) is 5.60. The molecule has 2 N–H and O–H groups in total. The van der Waals surface area contributed by atoms with E-state index in [2.05, 4.69) is 30.0 Å². The number of aromatic nitrogens is 3. The molecular weight excluding hydrogens is 240 g/mol. The predicted octanol–water partition coefficient (Wildman–Crippen LogP) is 1.97. The molecular formula is C14H20N4O. The Balaban J connectivity index is 1.83. The van der Waals surface area contributed by atoms with E-state index < -0.39 is 0 Å². The number of hydrogen-bond donors (Lipinski definition) is 1. The molecule has 0 saturated heterocycles. The fraction of sp³-hybridized carbons (Fsp3) is 0.571. The maximum absolute atomic E-state index is 5.96. The van der Waals surface area contributed by atoms with Gasteiger partial charge in [-0.2, -0.15) is 5.10 Å². The molecule has 19 heavy (non-hydrogen) atoms. The van der Waals surface area contributed by atoms with Crippen LogP contribution in [0.4, 0.5) is 0 Å². The molecule has 0 aliphatic heterocycles. The minimum absolute atomic E-state index is 0.254. The van der Waals surface area contributed by atoms with Gasteiger partial charge in [-0.25, -0.2) is 9.50 Å². The highest BCUT2D eigenvalue weighted by molar-refractivity contribution is 5.57. The summed E-state index contributed by atoms with van der Waals surface area (Å²) in [6, 6.07) is 2.06. The molecule has 1 aliphatic carbocycles. The Bertz CT molecular complexity index is 572. The first-order chi connectivity index (χ1) is 9.17. The summed E-state index contributed by atoms with van der Waals surface area (Å²) >= 11 is 0. The van der Waals surface area contributed by atoms with Crippen molar-refractivity contribution >= 4 is 5.52 Å². The van der Waals surface area contributed by atoms with Crippen LogP contribution in [0.3, 0.4) is 0 Å². The van der Waals surface area contributed by atoms with Gasteiger partial charge in [-0.05, 0) is 37.3 Å². The average Bonchev–Trinajstić information content (AvgIpc) is 2.77. The SMILES string of the molecule is CC(C)c1cc2c(OC3CC(CN)C3)nccn2n1. The summed E-state index contributed by atoms with van der Waals surface area (Å²) in [5.74, 6) is 1.70. The highest BCUT2D eigenvalue weighted by atomic mass is 16.5. The van der Waals surface area contributed by atoms with Crippen molar-refractivity contribution in [2.24, 2.45) is 11.7 Å². The summed E-state index contributed by atoms with van der Waals surface area (Å²) in [5.41, 5.74) is 7.64. The van der Waals surface area contributed by atoms with Crippen molar-refractivity contribution in [1.82, 2.24) is 14.6 Å². The Labute approximate surface area is 112 Å². The van der Waals surface area contributed by atoms with Gasteiger partial charge in [-0.3, -0.25) is 0 Å². The van der Waals surface area contributed by atoms with Crippen molar-refractivity contribution in [2.75, 3.05) is 6.54 Å². The van der Waals surface area contributed by atoms with Crippen LogP contribution in [-0.4, -0.2) is 27.2 Å². The van der Waals surface area contributed by atoms with Crippen molar-refractivity contribution in [3.63, 3.8) is 0 Å². The highest BCUT2D eigenvalue weighted by Crippen LogP contribution is 2.31. The van der Waals surface area contributed by atoms with Crippen molar-refractivity contribution in [2.45, 2.75) is 38.7 Å². The van der Waals surface area contributed by atoms with E-state index in [1.807, 2.05) is 10.7 Å². The second kappa shape index (κ2) is 4.81. The number of fused-ring (bicyclic) bond motifs is 1. The maximum atomic E-state index is 5.96. The van der Waals surface area contributed by atoms with Crippen LogP contribution in [0.5, 0.6) is 5.88 Å². The number of nitrogens with zero attached hydrogens (tertiary/aromatic N) is 3. The largest absolute Gasteiger partial charge is 0.473 e. The Kier molecular flexibility index (Phi) is 3.14. The normalized spacial score (nSPS) is 22.7. The third kappa shape index (κ3) is 2.30. The number of nitrogens with two attached hydrogens (primary N) is 1. The molecule has 102 valence electrons. The van der Waals surface area contributed by atoms with Crippen molar-refractivity contribution in [3.05, 3.63) is 24.2 Å². The Hall–Kier alpha value is -1.62. The van der Waals surface area contributed by atoms with Crippen LogP contribution in [0.2, 0.25) is 0 Å². The van der Waals surface area contributed by atoms with Crippen LogP contribution in [0.25, 0.3) is 5.52 Å². The van der Waals surface area contributed by atoms with E-state index >= 15 is 0 Å². The Morgan fingerprint density at radius 1 is 1.47 bits per heavy atom. The lowest BCUT2D eigenvalue weighted by molar-refractivity contribution is 0.0660. The Morgan fingerprint density at radius 3 is 2.95 bits per heavy atom. The minimum atomic E-state index is 0.254. The standard InChI is InChI=1S/C14H20N4O/c1-9(2)12-7-13-14(16-3-4-18(13)17-12)19-11-5-10(6-11)8-15/h3-4,7,9-11H,5-6,8,15H2,1-2H3. The molecule has 0 radical (unpaired) electrons. The molecule has 0 amide bonds. The Morgan fingerprint density at radius 2 is 2.26 bits per heavy atom. The predicted molar refractivity (Wildman–Crippen MR) is 73.3 cm³/mol. The van der Waals surface area contributed by atoms with Crippen molar-refractivity contribution in [3.8, 4) is 5.88 Å². The van der Waals surface area contributed by atoms with Gasteiger partial charge in [-0.1, -0.05) is 13.8 Å². The van der Waals surface area contributed by atoms with Crippen LogP contribution >= 0.6 is 0 Å². The number of rotatable bonds is 4. The van der Waals surface area contributed by atoms with E-state index in [0.717, 1.165) is 30.6 Å². The van der Waals surface area contributed by atoms with E-state index in [4.69, 9.17) is 10.5 Å². The molecule has 0 spiro atoms. The zero-order valence-corrected chi connectivity index (χ0v) is 11.4. The fourth-order valence-electron chi connectivity index (χ4n) is 2.41. The molecule has 5 nitrogen and oxygen atoms in total. The summed E-state index contributed by atoms with van der Waals surface area (Å²) in [7, 11) is 0. The van der Waals surface area contributed by atoms with Gasteiger partial charge in [0.15, 0.2) is 0 Å². The zero-order valence-electron chi connectivity index (χ0n) is 11.4. The summed E-state index contributed by atoms with van der Waals surface area (Å²) in [5, 5.41) is 4.53. The van der Waals surface area contributed by atoms with Gasteiger partial charge in [0.05, 0.1) is 5.69 Å². The van der Waals surface area contributed by atoms with Crippen LogP contribution in [0, 0.1) is 5.92 Å². The smallest absolute Gasteiger partial charge is 0.240 e. The average molecular weight is 260 g/mol. The first-order valence-electron chi connectivity index (χ1n) is 6.88. The van der Waals surface area contributed by atoms with E-state index in [0.29, 0.717) is 17.7 Å². The lowest BCUT2D eigenvalue weighted by atomic mass is 9.82. The van der Waals surface area contributed by atoms with E-state index in [1.165, 1.54) is 0 Å². The lowest BCUT2D eigenvalue weighted by Gasteiger charge is -2.34. The van der Waals surface area contributed by atoms with Crippen LogP contribution in [0.15, 0.2) is 18.5 Å². The van der Waals surface area contributed by atoms with Gasteiger partial charge in [0.1, 0.15) is 11.6 Å². The van der Waals surface area contributed by atoms with Crippen LogP contribution in [-0.2, 0) is 0 Å². The second-order valence-electron chi connectivity index (χ2n) is 5.60. The van der Waals surface area contributed by atoms with Crippen molar-refractivity contribution < 1.29 is 4.74 Å². The van der Waals surface area contributed by atoms with Gasteiger partial charge < -0.3 is 10.5 Å². The summed E-state index contributed by atoms with van der Waals surface area (Å²) in [4.78, 5) is 4.34. The summed E-state index contributed by atoms with van der Waals surface area (Å²) < 4.78 is 7.81. The third-order valence-electron chi connectivity index (χ3n) is 3.77. The van der Waals surface area contributed by atoms with Gasteiger partial charge in [-0.15, -0.1) is 0 Å². The number of ether oxygens (including phenoxy) is 1. The minimum Gasteiger partial charge on any atom is -0.473 e. The molecule has 2 aromatic rings. The first kappa shape index (κ1) is 12.4. The molecule has 0 bridgehead atoms. The zero-order chi connectivity index (χ0) is 13.4. The topological polar surface area (TPSA) is 65.4 Å². The fourth-order valence-corrected chi connectivity index (χ4v) is 2.41.